The number of halogens is 3. The third-order valence-corrected chi connectivity index (χ3v) is 11.7. The molecule has 4 aromatic rings. The highest BCUT2D eigenvalue weighted by Gasteiger charge is 2.46. The number of nitrogens with one attached hydrogen (secondary N) is 1. The van der Waals surface area contributed by atoms with Gasteiger partial charge in [0.1, 0.15) is 17.0 Å². The summed E-state index contributed by atoms with van der Waals surface area (Å²) in [6, 6.07) is 8.07. The second-order valence-electron chi connectivity index (χ2n) is 11.7. The van der Waals surface area contributed by atoms with Gasteiger partial charge in [0.2, 0.25) is 10.0 Å². The number of carbonyl (C=O) groups is 1. The molecule has 9 nitrogen and oxygen atoms in total. The van der Waals surface area contributed by atoms with Crippen LogP contribution in [0.15, 0.2) is 34.9 Å². The summed E-state index contributed by atoms with van der Waals surface area (Å²) in [6.45, 7) is 2.75. The molecule has 3 atom stereocenters. The van der Waals surface area contributed by atoms with E-state index >= 15 is 4.39 Å². The number of aromatic nitrogens is 2. The Kier molecular flexibility index (Phi) is 7.85. The fraction of sp³-hybridized carbons (Fsp3) is 0.433. The highest BCUT2D eigenvalue weighted by molar-refractivity contribution is 7.90. The van der Waals surface area contributed by atoms with Crippen molar-refractivity contribution in [1.29, 1.82) is 0 Å². The Bertz CT molecular complexity index is 1860. The Morgan fingerprint density at radius 1 is 1.23 bits per heavy atom. The standard InChI is InChI=1S/C30H29Cl2FN4O5S2/c1-2-8-44(39,40)36-29(38)16-10-22(33)27-24(11-16)43-30(34-27)37-13-17-9-18(37)12-23(17)41-14-19-26(35-42-28(19)15-6-7-15)25-20(31)4-3-5-21(25)32/h3-5,10-11,15,17-18,23H,2,6-9,12-14H2,1H3,(H,36,38)/t17-,18-,23+/m0/s1. The SMILES string of the molecule is CCCS(=O)(=O)NC(=O)c1cc(F)c2nc(N3C[C@@H]4C[C@H]3C[C@H]4OCc3c(-c4c(Cl)cccc4Cl)noc3C3CC3)sc2c1. The molecule has 2 aromatic carbocycles. The Labute approximate surface area is 267 Å². The van der Waals surface area contributed by atoms with Gasteiger partial charge in [-0.05, 0) is 56.4 Å². The van der Waals surface area contributed by atoms with Crippen molar-refractivity contribution in [2.45, 2.75) is 63.7 Å². The number of anilines is 1. The number of sulfonamides is 1. The van der Waals surface area contributed by atoms with Crippen molar-refractivity contribution >= 4 is 65.8 Å². The smallest absolute Gasteiger partial charge is 0.264 e. The number of fused-ring (bicyclic) bond motifs is 3. The van der Waals surface area contributed by atoms with Gasteiger partial charge in [0.15, 0.2) is 10.9 Å². The van der Waals surface area contributed by atoms with Crippen LogP contribution in [-0.2, 0) is 21.4 Å². The van der Waals surface area contributed by atoms with Crippen molar-refractivity contribution in [3.05, 3.63) is 63.1 Å². The number of hydrogen-bond donors (Lipinski definition) is 1. The molecule has 1 aliphatic heterocycles. The summed E-state index contributed by atoms with van der Waals surface area (Å²) < 4.78 is 53.9. The van der Waals surface area contributed by atoms with Gasteiger partial charge < -0.3 is 14.2 Å². The van der Waals surface area contributed by atoms with Crippen molar-refractivity contribution in [2.75, 3.05) is 17.2 Å². The molecule has 2 aromatic heterocycles. The van der Waals surface area contributed by atoms with E-state index in [1.807, 2.05) is 4.72 Å². The van der Waals surface area contributed by atoms with Gasteiger partial charge in [0.25, 0.3) is 5.91 Å². The van der Waals surface area contributed by atoms with Crippen LogP contribution in [0.2, 0.25) is 10.0 Å². The van der Waals surface area contributed by atoms with E-state index < -0.39 is 21.7 Å². The van der Waals surface area contributed by atoms with E-state index in [-0.39, 0.29) is 34.9 Å². The summed E-state index contributed by atoms with van der Waals surface area (Å²) in [4.78, 5) is 19.3. The van der Waals surface area contributed by atoms with Gasteiger partial charge in [-0.3, -0.25) is 4.79 Å². The number of amides is 1. The number of thiazole rings is 1. The minimum absolute atomic E-state index is 0.0271. The number of hydrogen-bond acceptors (Lipinski definition) is 9. The number of ether oxygens (including phenoxy) is 1. The number of rotatable bonds is 10. The van der Waals surface area contributed by atoms with Crippen LogP contribution in [0, 0.1) is 11.7 Å². The molecule has 0 radical (unpaired) electrons. The summed E-state index contributed by atoms with van der Waals surface area (Å²) in [7, 11) is -3.78. The fourth-order valence-electron chi connectivity index (χ4n) is 6.33. The van der Waals surface area contributed by atoms with Gasteiger partial charge in [-0.15, -0.1) is 0 Å². The molecular formula is C30H29Cl2FN4O5S2. The quantitative estimate of drug-likeness (QED) is 0.192. The Morgan fingerprint density at radius 3 is 2.68 bits per heavy atom. The minimum atomic E-state index is -3.78. The Balaban J connectivity index is 1.06. The maximum absolute atomic E-state index is 15.0. The van der Waals surface area contributed by atoms with E-state index in [9.17, 15) is 13.2 Å². The first-order valence-electron chi connectivity index (χ1n) is 14.6. The van der Waals surface area contributed by atoms with Gasteiger partial charge in [0.05, 0.1) is 33.2 Å². The van der Waals surface area contributed by atoms with Crippen molar-refractivity contribution in [2.24, 2.45) is 5.92 Å². The van der Waals surface area contributed by atoms with Gasteiger partial charge in [-0.25, -0.2) is 22.5 Å². The predicted molar refractivity (Wildman–Crippen MR) is 167 cm³/mol. The number of benzene rings is 2. The van der Waals surface area contributed by atoms with Gasteiger partial charge >= 0.3 is 0 Å². The molecule has 1 saturated heterocycles. The molecular weight excluding hydrogens is 650 g/mol. The second-order valence-corrected chi connectivity index (χ2v) is 15.3. The third kappa shape index (κ3) is 5.60. The maximum Gasteiger partial charge on any atom is 0.264 e. The molecule has 14 heteroatoms. The van der Waals surface area contributed by atoms with Crippen LogP contribution < -0.4 is 9.62 Å². The average Bonchev–Trinajstić information content (AvgIpc) is 3.28. The highest BCUT2D eigenvalue weighted by Crippen LogP contribution is 2.48. The van der Waals surface area contributed by atoms with E-state index in [1.165, 1.54) is 17.4 Å². The average molecular weight is 680 g/mol. The van der Waals surface area contributed by atoms with Crippen LogP contribution in [0.1, 0.15) is 66.6 Å². The fourth-order valence-corrected chi connectivity index (χ4v) is 9.05. The van der Waals surface area contributed by atoms with Gasteiger partial charge in [0, 0.05) is 41.1 Å². The van der Waals surface area contributed by atoms with Crippen molar-refractivity contribution < 1.29 is 26.9 Å². The first-order valence-corrected chi connectivity index (χ1v) is 17.8. The molecule has 3 aliphatic rings. The molecule has 2 aliphatic carbocycles. The van der Waals surface area contributed by atoms with Crippen molar-refractivity contribution in [1.82, 2.24) is 14.9 Å². The van der Waals surface area contributed by atoms with E-state index in [1.54, 1.807) is 25.1 Å². The van der Waals surface area contributed by atoms with Crippen molar-refractivity contribution in [3.63, 3.8) is 0 Å². The molecule has 44 heavy (non-hydrogen) atoms. The van der Waals surface area contributed by atoms with Crippen LogP contribution in [0.3, 0.4) is 0 Å². The van der Waals surface area contributed by atoms with Crippen LogP contribution in [-0.4, -0.2) is 48.9 Å². The van der Waals surface area contributed by atoms with E-state index in [4.69, 9.17) is 32.5 Å². The zero-order chi connectivity index (χ0) is 30.7. The molecule has 2 saturated carbocycles. The number of carbonyl (C=O) groups excluding carboxylic acids is 1. The lowest BCUT2D eigenvalue weighted by Gasteiger charge is -2.31. The van der Waals surface area contributed by atoms with Crippen molar-refractivity contribution in [3.8, 4) is 11.3 Å². The van der Waals surface area contributed by atoms with Crippen LogP contribution >= 0.6 is 34.5 Å². The molecule has 3 fully saturated rings. The summed E-state index contributed by atoms with van der Waals surface area (Å²) in [5.74, 6) is -0.269. The third-order valence-electron chi connectivity index (χ3n) is 8.55. The lowest BCUT2D eigenvalue weighted by Crippen LogP contribution is -2.38. The Morgan fingerprint density at radius 2 is 2.00 bits per heavy atom. The molecule has 0 unspecified atom stereocenters. The number of piperidine rings is 1. The topological polar surface area (TPSA) is 115 Å². The molecule has 0 spiro atoms. The summed E-state index contributed by atoms with van der Waals surface area (Å²) >= 11 is 14.3. The van der Waals surface area contributed by atoms with Crippen LogP contribution in [0.5, 0.6) is 0 Å². The summed E-state index contributed by atoms with van der Waals surface area (Å²) in [5.41, 5.74) is 2.28. The van der Waals surface area contributed by atoms with Gasteiger partial charge in [-0.1, -0.05) is 52.7 Å². The molecule has 232 valence electrons. The first kappa shape index (κ1) is 29.9. The predicted octanol–water partition coefficient (Wildman–Crippen LogP) is 6.93. The zero-order valence-electron chi connectivity index (χ0n) is 23.7. The molecule has 1 amide bonds. The Hall–Kier alpha value is -2.77. The summed E-state index contributed by atoms with van der Waals surface area (Å²) in [6.07, 6.45) is 4.20. The van der Waals surface area contributed by atoms with Gasteiger partial charge in [-0.2, -0.15) is 0 Å². The first-order chi connectivity index (χ1) is 21.1. The largest absolute Gasteiger partial charge is 0.373 e. The van der Waals surface area contributed by atoms with Crippen LogP contribution in [0.4, 0.5) is 9.52 Å². The normalized spacial score (nSPS) is 21.5. The van der Waals surface area contributed by atoms with Crippen LogP contribution in [0.25, 0.3) is 21.5 Å². The monoisotopic (exact) mass is 678 g/mol. The second kappa shape index (κ2) is 11.5. The summed E-state index contributed by atoms with van der Waals surface area (Å²) in [5, 5.41) is 6.05. The maximum atomic E-state index is 15.0. The zero-order valence-corrected chi connectivity index (χ0v) is 26.8. The highest BCUT2D eigenvalue weighted by atomic mass is 35.5. The molecule has 1 N–H and O–H groups in total. The van der Waals surface area contributed by atoms with E-state index in [0.717, 1.165) is 43.1 Å². The number of nitrogens with zero attached hydrogens (tertiary/aromatic N) is 3. The lowest BCUT2D eigenvalue weighted by atomic mass is 10.0. The van der Waals surface area contributed by atoms with E-state index in [2.05, 4.69) is 15.0 Å². The molecule has 2 bridgehead atoms. The minimum Gasteiger partial charge on any atom is -0.373 e. The lowest BCUT2D eigenvalue weighted by molar-refractivity contribution is 0.0122. The molecule has 7 rings (SSSR count). The molecule has 3 heterocycles. The van der Waals surface area contributed by atoms with E-state index in [0.29, 0.717) is 56.6 Å².